The average Bonchev–Trinajstić information content (AvgIpc) is 3.15. The summed E-state index contributed by atoms with van der Waals surface area (Å²) >= 11 is 3.32. The molecule has 142 valence electrons. The number of hydrogen-bond acceptors (Lipinski definition) is 3. The fraction of sp³-hybridized carbons (Fsp3) is 0.350. The summed E-state index contributed by atoms with van der Waals surface area (Å²) in [6, 6.07) is 12.7. The summed E-state index contributed by atoms with van der Waals surface area (Å²) < 4.78 is 27.8. The number of carbonyl (C=O) groups is 1. The van der Waals surface area contributed by atoms with Gasteiger partial charge in [0.2, 0.25) is 10.0 Å². The number of aryl methyl sites for hydroxylation is 2. The molecule has 2 aliphatic rings. The molecule has 0 atom stereocenters. The van der Waals surface area contributed by atoms with Crippen LogP contribution in [0.15, 0.2) is 51.8 Å². The van der Waals surface area contributed by atoms with Crippen LogP contribution in [0.3, 0.4) is 0 Å². The number of halogens is 1. The number of carbonyl (C=O) groups excluding carboxylic acids is 1. The van der Waals surface area contributed by atoms with Gasteiger partial charge in [-0.1, -0.05) is 28.1 Å². The Labute approximate surface area is 168 Å². The first-order valence-corrected chi connectivity index (χ1v) is 11.4. The molecular formula is C20H21BrN2O3S. The molecule has 0 spiro atoms. The van der Waals surface area contributed by atoms with E-state index in [1.165, 1.54) is 15.4 Å². The maximum absolute atomic E-state index is 12.8. The second kappa shape index (κ2) is 7.37. The normalized spacial score (nSPS) is 17.7. The molecule has 4 rings (SSSR count). The van der Waals surface area contributed by atoms with E-state index in [1.54, 1.807) is 29.2 Å². The van der Waals surface area contributed by atoms with Crippen LogP contribution in [0.4, 0.5) is 0 Å². The number of hydrogen-bond donors (Lipinski definition) is 0. The van der Waals surface area contributed by atoms with Crippen molar-refractivity contribution in [2.45, 2.75) is 24.2 Å². The third-order valence-corrected chi connectivity index (χ3v) is 7.69. The number of piperazine rings is 1. The Morgan fingerprint density at radius 1 is 0.926 bits per heavy atom. The first kappa shape index (κ1) is 18.7. The lowest BCUT2D eigenvalue weighted by Crippen LogP contribution is -2.50. The molecule has 0 radical (unpaired) electrons. The third-order valence-electron chi connectivity index (χ3n) is 5.31. The molecule has 1 aliphatic carbocycles. The van der Waals surface area contributed by atoms with Gasteiger partial charge in [0.15, 0.2) is 0 Å². The lowest BCUT2D eigenvalue weighted by atomic mass is 10.1. The summed E-state index contributed by atoms with van der Waals surface area (Å²) in [5, 5.41) is 0. The van der Waals surface area contributed by atoms with E-state index in [0.717, 1.165) is 23.7 Å². The number of fused-ring (bicyclic) bond motifs is 1. The van der Waals surface area contributed by atoms with Crippen molar-refractivity contribution in [2.24, 2.45) is 0 Å². The first-order valence-electron chi connectivity index (χ1n) is 9.12. The second-order valence-electron chi connectivity index (χ2n) is 6.99. The molecule has 0 saturated carbocycles. The van der Waals surface area contributed by atoms with E-state index < -0.39 is 10.0 Å². The Hall–Kier alpha value is -1.70. The zero-order valence-corrected chi connectivity index (χ0v) is 17.3. The fourth-order valence-electron chi connectivity index (χ4n) is 3.80. The average molecular weight is 449 g/mol. The molecule has 0 N–H and O–H groups in total. The summed E-state index contributed by atoms with van der Waals surface area (Å²) in [6.45, 7) is 1.43. The number of benzene rings is 2. The van der Waals surface area contributed by atoms with Crippen molar-refractivity contribution in [3.63, 3.8) is 0 Å². The van der Waals surface area contributed by atoms with Gasteiger partial charge in [0.1, 0.15) is 0 Å². The van der Waals surface area contributed by atoms with E-state index in [4.69, 9.17) is 0 Å². The van der Waals surface area contributed by atoms with Crippen LogP contribution in [-0.2, 0) is 22.9 Å². The molecule has 5 nitrogen and oxygen atoms in total. The quantitative estimate of drug-likeness (QED) is 0.724. The monoisotopic (exact) mass is 448 g/mol. The molecule has 1 aliphatic heterocycles. The van der Waals surface area contributed by atoms with Gasteiger partial charge in [-0.2, -0.15) is 4.31 Å². The van der Waals surface area contributed by atoms with E-state index in [9.17, 15) is 13.2 Å². The van der Waals surface area contributed by atoms with Crippen molar-refractivity contribution in [3.05, 3.63) is 63.6 Å². The molecule has 1 heterocycles. The maximum Gasteiger partial charge on any atom is 0.253 e. The highest BCUT2D eigenvalue weighted by Gasteiger charge is 2.30. The molecule has 2 aromatic rings. The van der Waals surface area contributed by atoms with Crippen LogP contribution < -0.4 is 0 Å². The maximum atomic E-state index is 12.8. The van der Waals surface area contributed by atoms with Crippen LogP contribution >= 0.6 is 15.9 Å². The van der Waals surface area contributed by atoms with E-state index in [1.807, 2.05) is 12.1 Å². The minimum absolute atomic E-state index is 0.01000. The van der Waals surface area contributed by atoms with Crippen molar-refractivity contribution in [1.82, 2.24) is 9.21 Å². The highest BCUT2D eigenvalue weighted by molar-refractivity contribution is 9.10. The van der Waals surface area contributed by atoms with Gasteiger partial charge < -0.3 is 4.90 Å². The minimum atomic E-state index is -3.54. The molecule has 0 unspecified atom stereocenters. The summed E-state index contributed by atoms with van der Waals surface area (Å²) in [5.74, 6) is -0.01000. The third kappa shape index (κ3) is 3.68. The van der Waals surface area contributed by atoms with Crippen LogP contribution in [0.25, 0.3) is 0 Å². The topological polar surface area (TPSA) is 57.7 Å². The van der Waals surface area contributed by atoms with Crippen molar-refractivity contribution >= 4 is 31.9 Å². The van der Waals surface area contributed by atoms with Crippen molar-refractivity contribution in [3.8, 4) is 0 Å². The highest BCUT2D eigenvalue weighted by Crippen LogP contribution is 2.25. The predicted molar refractivity (Wildman–Crippen MR) is 107 cm³/mol. The van der Waals surface area contributed by atoms with Crippen molar-refractivity contribution in [1.29, 1.82) is 0 Å². The number of amides is 1. The van der Waals surface area contributed by atoms with Gasteiger partial charge >= 0.3 is 0 Å². The first-order chi connectivity index (χ1) is 12.9. The number of sulfonamides is 1. The molecule has 0 aromatic heterocycles. The molecule has 0 bridgehead atoms. The van der Waals surface area contributed by atoms with Gasteiger partial charge in [-0.25, -0.2) is 8.42 Å². The van der Waals surface area contributed by atoms with Gasteiger partial charge in [0, 0.05) is 36.2 Å². The van der Waals surface area contributed by atoms with Gasteiger partial charge in [0.25, 0.3) is 5.91 Å². The predicted octanol–water partition coefficient (Wildman–Crippen LogP) is 3.08. The molecule has 7 heteroatoms. The summed E-state index contributed by atoms with van der Waals surface area (Å²) in [6.07, 6.45) is 3.28. The van der Waals surface area contributed by atoms with Gasteiger partial charge in [-0.3, -0.25) is 4.79 Å². The Morgan fingerprint density at radius 3 is 2.41 bits per heavy atom. The minimum Gasteiger partial charge on any atom is -0.336 e. The molecule has 1 amide bonds. The van der Waals surface area contributed by atoms with Crippen LogP contribution in [-0.4, -0.2) is 49.7 Å². The summed E-state index contributed by atoms with van der Waals surface area (Å²) in [4.78, 5) is 14.8. The molecule has 2 aromatic carbocycles. The van der Waals surface area contributed by atoms with E-state index in [0.29, 0.717) is 31.7 Å². The largest absolute Gasteiger partial charge is 0.336 e. The molecule has 1 fully saturated rings. The zero-order valence-electron chi connectivity index (χ0n) is 14.9. The fourth-order valence-corrected chi connectivity index (χ4v) is 5.81. The molecular weight excluding hydrogens is 428 g/mol. The van der Waals surface area contributed by atoms with Crippen LogP contribution in [0.5, 0.6) is 0 Å². The smallest absolute Gasteiger partial charge is 0.253 e. The van der Waals surface area contributed by atoms with Crippen LogP contribution in [0.2, 0.25) is 0 Å². The van der Waals surface area contributed by atoms with E-state index in [-0.39, 0.29) is 10.8 Å². The number of nitrogens with zero attached hydrogens (tertiary/aromatic N) is 2. The number of rotatable bonds is 3. The van der Waals surface area contributed by atoms with Gasteiger partial charge in [-0.05, 0) is 60.7 Å². The Morgan fingerprint density at radius 2 is 1.67 bits per heavy atom. The summed E-state index contributed by atoms with van der Waals surface area (Å²) in [7, 11) is -3.54. The lowest BCUT2D eigenvalue weighted by Gasteiger charge is -2.34. The second-order valence-corrected chi connectivity index (χ2v) is 9.84. The Balaban J connectivity index is 1.45. The Kier molecular flexibility index (Phi) is 5.09. The van der Waals surface area contributed by atoms with Gasteiger partial charge in [0.05, 0.1) is 4.90 Å². The Bertz CT molecular complexity index is 982. The molecule has 1 saturated heterocycles. The standard InChI is InChI=1S/C20H21BrN2O3S/c21-18-5-2-6-19(14-18)27(25,26)23-11-9-22(10-12-23)20(24)17-8-7-15-3-1-4-16(15)13-17/h2,5-8,13-14H,1,3-4,9-12H2. The van der Waals surface area contributed by atoms with E-state index >= 15 is 0 Å². The SMILES string of the molecule is O=C(c1ccc2c(c1)CCC2)N1CCN(S(=O)(=O)c2cccc(Br)c2)CC1. The highest BCUT2D eigenvalue weighted by atomic mass is 79.9. The lowest BCUT2D eigenvalue weighted by molar-refractivity contribution is 0.0698. The summed E-state index contributed by atoms with van der Waals surface area (Å²) in [5.41, 5.74) is 3.33. The van der Waals surface area contributed by atoms with Crippen LogP contribution in [0, 0.1) is 0 Å². The molecule has 27 heavy (non-hydrogen) atoms. The van der Waals surface area contributed by atoms with Crippen molar-refractivity contribution < 1.29 is 13.2 Å². The van der Waals surface area contributed by atoms with E-state index in [2.05, 4.69) is 22.0 Å². The van der Waals surface area contributed by atoms with Crippen LogP contribution in [0.1, 0.15) is 27.9 Å². The van der Waals surface area contributed by atoms with Gasteiger partial charge in [-0.15, -0.1) is 0 Å². The van der Waals surface area contributed by atoms with Crippen molar-refractivity contribution in [2.75, 3.05) is 26.2 Å². The zero-order chi connectivity index (χ0) is 19.0.